The third kappa shape index (κ3) is 3.91. The van der Waals surface area contributed by atoms with Crippen LogP contribution in [0.4, 0.5) is 5.13 Å². The van der Waals surface area contributed by atoms with E-state index in [9.17, 15) is 14.4 Å². The van der Waals surface area contributed by atoms with Crippen molar-refractivity contribution in [1.82, 2.24) is 9.88 Å². The zero-order chi connectivity index (χ0) is 20.5. The van der Waals surface area contributed by atoms with Gasteiger partial charge in [0, 0.05) is 5.38 Å². The number of carbonyl (C=O) groups is 3. The number of carbonyl (C=O) groups excluding carboxylic acids is 3. The van der Waals surface area contributed by atoms with Crippen LogP contribution < -0.4 is 5.32 Å². The Labute approximate surface area is 177 Å². The van der Waals surface area contributed by atoms with Gasteiger partial charge in [-0.05, 0) is 36.6 Å². The summed E-state index contributed by atoms with van der Waals surface area (Å²) in [4.78, 5) is 45.8. The number of likely N-dealkylation sites (tertiary alicyclic amines) is 1. The molecule has 2 aliphatic rings. The van der Waals surface area contributed by atoms with Gasteiger partial charge >= 0.3 is 0 Å². The van der Waals surface area contributed by atoms with E-state index in [1.807, 2.05) is 48.9 Å². The molecule has 6 nitrogen and oxygen atoms in total. The molecule has 3 amide bonds. The van der Waals surface area contributed by atoms with E-state index < -0.39 is 6.04 Å². The highest BCUT2D eigenvalue weighted by molar-refractivity contribution is 7.16. The molecule has 0 spiro atoms. The summed E-state index contributed by atoms with van der Waals surface area (Å²) in [6, 6.07) is 3.12. The highest BCUT2D eigenvalue weighted by Gasteiger charge is 2.51. The van der Waals surface area contributed by atoms with Crippen molar-refractivity contribution in [1.29, 1.82) is 0 Å². The van der Waals surface area contributed by atoms with Gasteiger partial charge in [0.25, 0.3) is 0 Å². The fraction of sp³-hybridized carbons (Fsp3) is 0.429. The molecule has 0 radical (unpaired) electrons. The molecule has 0 bridgehead atoms. The van der Waals surface area contributed by atoms with Crippen LogP contribution in [0.25, 0.3) is 10.6 Å². The zero-order valence-corrected chi connectivity index (χ0v) is 18.0. The Bertz CT molecular complexity index is 922. The molecule has 0 aromatic carbocycles. The van der Waals surface area contributed by atoms with E-state index in [-0.39, 0.29) is 35.5 Å². The molecular weight excluding hydrogens is 406 g/mol. The van der Waals surface area contributed by atoms with Gasteiger partial charge in [-0.3, -0.25) is 19.3 Å². The van der Waals surface area contributed by atoms with Crippen molar-refractivity contribution >= 4 is 45.5 Å². The number of hydrogen-bond donors (Lipinski definition) is 1. The summed E-state index contributed by atoms with van der Waals surface area (Å²) in [6.07, 6.45) is 5.47. The first-order chi connectivity index (χ1) is 14.0. The second-order valence-corrected chi connectivity index (χ2v) is 9.66. The maximum Gasteiger partial charge on any atom is 0.249 e. The Morgan fingerprint density at radius 2 is 1.90 bits per heavy atom. The average Bonchev–Trinajstić information content (AvgIpc) is 3.42. The molecule has 1 aliphatic heterocycles. The predicted molar refractivity (Wildman–Crippen MR) is 115 cm³/mol. The summed E-state index contributed by atoms with van der Waals surface area (Å²) in [5, 5.41) is 7.19. The Kier molecular flexibility index (Phi) is 5.65. The molecule has 152 valence electrons. The third-order valence-electron chi connectivity index (χ3n) is 5.36. The van der Waals surface area contributed by atoms with Crippen LogP contribution >= 0.6 is 22.7 Å². The van der Waals surface area contributed by atoms with Crippen LogP contribution in [0.1, 0.15) is 33.1 Å². The number of thiazole rings is 1. The molecule has 3 unspecified atom stereocenters. The second-order valence-electron chi connectivity index (χ2n) is 7.85. The SMILES string of the molecule is CC(C)CC(C(=O)Nc1nc(-c2cccs2)cs1)N1C(=O)C2CC=CCC2C1=O. The van der Waals surface area contributed by atoms with Crippen LogP contribution in [0.15, 0.2) is 35.0 Å². The molecule has 1 aliphatic carbocycles. The third-order valence-corrected chi connectivity index (χ3v) is 7.01. The van der Waals surface area contributed by atoms with E-state index in [0.717, 1.165) is 10.6 Å². The summed E-state index contributed by atoms with van der Waals surface area (Å²) in [7, 11) is 0. The van der Waals surface area contributed by atoms with Crippen LogP contribution in [0.3, 0.4) is 0 Å². The maximum absolute atomic E-state index is 13.1. The molecule has 29 heavy (non-hydrogen) atoms. The highest BCUT2D eigenvalue weighted by atomic mass is 32.1. The fourth-order valence-corrected chi connectivity index (χ4v) is 5.44. The molecule has 3 atom stereocenters. The minimum absolute atomic E-state index is 0.157. The molecule has 0 saturated carbocycles. The number of allylic oxidation sites excluding steroid dienone is 2. The van der Waals surface area contributed by atoms with Crippen LogP contribution in [0.5, 0.6) is 0 Å². The van der Waals surface area contributed by atoms with Gasteiger partial charge in [-0.25, -0.2) is 4.98 Å². The number of thiophene rings is 1. The number of fused-ring (bicyclic) bond motifs is 1. The van der Waals surface area contributed by atoms with E-state index in [0.29, 0.717) is 24.4 Å². The van der Waals surface area contributed by atoms with E-state index in [4.69, 9.17) is 0 Å². The zero-order valence-electron chi connectivity index (χ0n) is 16.3. The summed E-state index contributed by atoms with van der Waals surface area (Å²) in [5.74, 6) is -1.29. The Morgan fingerprint density at radius 3 is 2.48 bits per heavy atom. The van der Waals surface area contributed by atoms with E-state index >= 15 is 0 Å². The monoisotopic (exact) mass is 429 g/mol. The lowest BCUT2D eigenvalue weighted by Gasteiger charge is -2.27. The molecular formula is C21H23N3O3S2. The smallest absolute Gasteiger partial charge is 0.249 e. The maximum atomic E-state index is 13.1. The second kappa shape index (κ2) is 8.20. The van der Waals surface area contributed by atoms with Crippen molar-refractivity contribution in [3.8, 4) is 10.6 Å². The number of nitrogens with one attached hydrogen (secondary N) is 1. The first-order valence-corrected chi connectivity index (χ1v) is 11.5. The lowest BCUT2D eigenvalue weighted by atomic mass is 9.85. The van der Waals surface area contributed by atoms with Crippen molar-refractivity contribution in [3.63, 3.8) is 0 Å². The first-order valence-electron chi connectivity index (χ1n) is 9.78. The number of aromatic nitrogens is 1. The van der Waals surface area contributed by atoms with Gasteiger partial charge in [0.2, 0.25) is 17.7 Å². The van der Waals surface area contributed by atoms with Gasteiger partial charge in [0.15, 0.2) is 5.13 Å². The van der Waals surface area contributed by atoms with Crippen molar-refractivity contribution in [3.05, 3.63) is 35.0 Å². The minimum Gasteiger partial charge on any atom is -0.300 e. The Hall–Kier alpha value is -2.32. The number of hydrogen-bond acceptors (Lipinski definition) is 6. The summed E-state index contributed by atoms with van der Waals surface area (Å²) >= 11 is 2.93. The number of imide groups is 1. The largest absolute Gasteiger partial charge is 0.300 e. The topological polar surface area (TPSA) is 79.4 Å². The molecule has 3 heterocycles. The molecule has 2 aromatic rings. The lowest BCUT2D eigenvalue weighted by Crippen LogP contribution is -2.48. The molecule has 2 aromatic heterocycles. The molecule has 1 saturated heterocycles. The van der Waals surface area contributed by atoms with Crippen LogP contribution in [-0.4, -0.2) is 33.6 Å². The molecule has 8 heteroatoms. The van der Waals surface area contributed by atoms with E-state index in [1.165, 1.54) is 16.2 Å². The lowest BCUT2D eigenvalue weighted by molar-refractivity contribution is -0.147. The molecule has 1 N–H and O–H groups in total. The fourth-order valence-electron chi connectivity index (χ4n) is 3.97. The van der Waals surface area contributed by atoms with Crippen LogP contribution in [0.2, 0.25) is 0 Å². The van der Waals surface area contributed by atoms with Gasteiger partial charge in [-0.1, -0.05) is 32.1 Å². The predicted octanol–water partition coefficient (Wildman–Crippen LogP) is 4.18. The van der Waals surface area contributed by atoms with Crippen molar-refractivity contribution in [2.24, 2.45) is 17.8 Å². The Balaban J connectivity index is 1.54. The van der Waals surface area contributed by atoms with Crippen LogP contribution in [-0.2, 0) is 14.4 Å². The minimum atomic E-state index is -0.810. The number of nitrogens with zero attached hydrogens (tertiary/aromatic N) is 2. The van der Waals surface area contributed by atoms with Crippen molar-refractivity contribution in [2.75, 3.05) is 5.32 Å². The molecule has 4 rings (SSSR count). The van der Waals surface area contributed by atoms with Crippen molar-refractivity contribution in [2.45, 2.75) is 39.2 Å². The quantitative estimate of drug-likeness (QED) is 0.552. The van der Waals surface area contributed by atoms with Gasteiger partial charge in [-0.2, -0.15) is 0 Å². The summed E-state index contributed by atoms with van der Waals surface area (Å²) < 4.78 is 0. The van der Waals surface area contributed by atoms with Crippen LogP contribution in [0, 0.1) is 17.8 Å². The van der Waals surface area contributed by atoms with Crippen molar-refractivity contribution < 1.29 is 14.4 Å². The average molecular weight is 430 g/mol. The number of amides is 3. The summed E-state index contributed by atoms with van der Waals surface area (Å²) in [5.41, 5.74) is 0.811. The Morgan fingerprint density at radius 1 is 1.21 bits per heavy atom. The van der Waals surface area contributed by atoms with E-state index in [1.54, 1.807) is 11.3 Å². The number of rotatable bonds is 6. The summed E-state index contributed by atoms with van der Waals surface area (Å²) in [6.45, 7) is 3.97. The van der Waals surface area contributed by atoms with Gasteiger partial charge < -0.3 is 5.32 Å². The van der Waals surface area contributed by atoms with Gasteiger partial charge in [0.05, 0.1) is 22.4 Å². The molecule has 1 fully saturated rings. The first kappa shape index (κ1) is 20.0. The number of anilines is 1. The normalized spacial score (nSPS) is 22.2. The highest BCUT2D eigenvalue weighted by Crippen LogP contribution is 2.37. The van der Waals surface area contributed by atoms with E-state index in [2.05, 4.69) is 10.3 Å². The van der Waals surface area contributed by atoms with Gasteiger partial charge in [0.1, 0.15) is 6.04 Å². The standard InChI is InChI=1S/C21H23N3O3S2/c1-12(2)10-16(24-19(26)13-6-3-4-7-14(13)20(24)27)18(25)23-21-22-15(11-29-21)17-8-5-9-28-17/h3-5,8-9,11-14,16H,6-7,10H2,1-2H3,(H,22,23,25). The van der Waals surface area contributed by atoms with Gasteiger partial charge in [-0.15, -0.1) is 22.7 Å².